The van der Waals surface area contributed by atoms with Crippen LogP contribution in [0, 0.1) is 5.92 Å². The Balaban J connectivity index is 2.22. The van der Waals surface area contributed by atoms with Crippen molar-refractivity contribution in [1.29, 1.82) is 0 Å². The minimum atomic E-state index is -4.42. The van der Waals surface area contributed by atoms with Crippen molar-refractivity contribution in [3.8, 4) is 5.75 Å². The number of rotatable bonds is 6. The van der Waals surface area contributed by atoms with Crippen LogP contribution in [0.1, 0.15) is 42.7 Å². The molecule has 7 heteroatoms. The molecule has 0 atom stereocenters. The van der Waals surface area contributed by atoms with E-state index in [9.17, 15) is 18.0 Å². The van der Waals surface area contributed by atoms with Gasteiger partial charge >= 0.3 is 12.1 Å². The van der Waals surface area contributed by atoms with Crippen LogP contribution in [0.3, 0.4) is 0 Å². The quantitative estimate of drug-likeness (QED) is 0.788. The number of hydrogen-bond donors (Lipinski definition) is 1. The Morgan fingerprint density at radius 3 is 2.42 bits per heavy atom. The number of halogens is 3. The summed E-state index contributed by atoms with van der Waals surface area (Å²) in [7, 11) is 1.52. The zero-order valence-electron chi connectivity index (χ0n) is 13.4. The lowest BCUT2D eigenvalue weighted by Crippen LogP contribution is -2.21. The highest BCUT2D eigenvalue weighted by molar-refractivity contribution is 5.70. The average molecular weight is 346 g/mol. The third kappa shape index (κ3) is 4.63. The summed E-state index contributed by atoms with van der Waals surface area (Å²) in [6, 6.07) is 3.49. The Morgan fingerprint density at radius 2 is 1.88 bits per heavy atom. The minimum absolute atomic E-state index is 0.125. The molecule has 1 aliphatic carbocycles. The van der Waals surface area contributed by atoms with E-state index in [1.807, 2.05) is 0 Å². The molecule has 0 aliphatic heterocycles. The Bertz CT molecular complexity index is 563. The lowest BCUT2D eigenvalue weighted by atomic mass is 9.78. The van der Waals surface area contributed by atoms with E-state index in [2.05, 4.69) is 0 Å². The lowest BCUT2D eigenvalue weighted by molar-refractivity contribution is -0.142. The average Bonchev–Trinajstić information content (AvgIpc) is 2.54. The second kappa shape index (κ2) is 7.88. The molecule has 1 aliphatic rings. The number of hydrogen-bond acceptors (Lipinski definition) is 3. The summed E-state index contributed by atoms with van der Waals surface area (Å²) in [4.78, 5) is 11.0. The highest BCUT2D eigenvalue weighted by Gasteiger charge is 2.33. The number of benzene rings is 1. The molecular weight excluding hydrogens is 325 g/mol. The molecule has 1 N–H and O–H groups in total. The zero-order chi connectivity index (χ0) is 17.7. The van der Waals surface area contributed by atoms with E-state index in [-0.39, 0.29) is 12.5 Å². The van der Waals surface area contributed by atoms with Crippen LogP contribution in [0.15, 0.2) is 18.2 Å². The summed E-state index contributed by atoms with van der Waals surface area (Å²) in [5.74, 6) is -0.960. The van der Waals surface area contributed by atoms with Crippen LogP contribution in [-0.4, -0.2) is 31.4 Å². The van der Waals surface area contributed by atoms with Crippen LogP contribution in [0.2, 0.25) is 0 Å². The number of carboxylic acids is 1. The molecule has 0 bridgehead atoms. The van der Waals surface area contributed by atoms with Crippen molar-refractivity contribution >= 4 is 5.97 Å². The molecule has 2 rings (SSSR count). The molecule has 0 unspecified atom stereocenters. The number of alkyl halides is 3. The van der Waals surface area contributed by atoms with E-state index in [1.54, 1.807) is 0 Å². The summed E-state index contributed by atoms with van der Waals surface area (Å²) >= 11 is 0. The van der Waals surface area contributed by atoms with Crippen molar-refractivity contribution in [2.75, 3.05) is 20.3 Å². The zero-order valence-corrected chi connectivity index (χ0v) is 13.4. The van der Waals surface area contributed by atoms with Gasteiger partial charge in [0.2, 0.25) is 0 Å². The summed E-state index contributed by atoms with van der Waals surface area (Å²) in [6.07, 6.45) is -2.41. The van der Waals surface area contributed by atoms with E-state index < -0.39 is 23.6 Å². The number of carbonyl (C=O) groups is 1. The predicted molar refractivity (Wildman–Crippen MR) is 81.1 cm³/mol. The molecule has 0 aromatic heterocycles. The molecule has 1 aromatic carbocycles. The number of methoxy groups -OCH3 is 1. The minimum Gasteiger partial charge on any atom is -0.491 e. The van der Waals surface area contributed by atoms with Gasteiger partial charge in [-0.25, -0.2) is 0 Å². The highest BCUT2D eigenvalue weighted by Crippen LogP contribution is 2.42. The molecule has 0 saturated heterocycles. The predicted octanol–water partition coefficient (Wildman–Crippen LogP) is 4.09. The molecule has 1 aromatic rings. The van der Waals surface area contributed by atoms with Gasteiger partial charge in [-0.15, -0.1) is 0 Å². The molecular formula is C17H21F3O4. The molecule has 4 nitrogen and oxygen atoms in total. The standard InChI is InChI=1S/C17H21F3O4/c1-23-8-9-24-15-7-6-13(17(18,19)20)10-14(15)11-2-4-12(5-3-11)16(21)22/h6-7,10-12H,2-5,8-9H2,1H3,(H,21,22). The third-order valence-corrected chi connectivity index (χ3v) is 4.40. The van der Waals surface area contributed by atoms with E-state index in [0.29, 0.717) is 43.6 Å². The maximum atomic E-state index is 13.0. The van der Waals surface area contributed by atoms with Crippen molar-refractivity contribution < 1.29 is 32.5 Å². The van der Waals surface area contributed by atoms with Crippen LogP contribution in [0.4, 0.5) is 13.2 Å². The van der Waals surface area contributed by atoms with Gasteiger partial charge < -0.3 is 14.6 Å². The first-order valence-corrected chi connectivity index (χ1v) is 7.88. The fraction of sp³-hybridized carbons (Fsp3) is 0.588. The molecule has 0 amide bonds. The molecule has 1 saturated carbocycles. The van der Waals surface area contributed by atoms with Gasteiger partial charge in [0.25, 0.3) is 0 Å². The van der Waals surface area contributed by atoms with Gasteiger partial charge in [0.05, 0.1) is 18.1 Å². The van der Waals surface area contributed by atoms with E-state index >= 15 is 0 Å². The van der Waals surface area contributed by atoms with Gasteiger partial charge in [-0.2, -0.15) is 13.2 Å². The van der Waals surface area contributed by atoms with Crippen molar-refractivity contribution in [2.24, 2.45) is 5.92 Å². The number of carboxylic acid groups (broad SMARTS) is 1. The second-order valence-corrected chi connectivity index (χ2v) is 5.98. The van der Waals surface area contributed by atoms with Gasteiger partial charge in [-0.3, -0.25) is 4.79 Å². The molecule has 1 fully saturated rings. The Hall–Kier alpha value is -1.76. The normalized spacial score (nSPS) is 21.5. The summed E-state index contributed by atoms with van der Waals surface area (Å²) < 4.78 is 49.5. The Kier molecular flexibility index (Phi) is 6.10. The first-order valence-electron chi connectivity index (χ1n) is 7.88. The third-order valence-electron chi connectivity index (χ3n) is 4.40. The van der Waals surface area contributed by atoms with E-state index in [0.717, 1.165) is 12.1 Å². The van der Waals surface area contributed by atoms with Gasteiger partial charge in [-0.1, -0.05) is 0 Å². The van der Waals surface area contributed by atoms with Crippen LogP contribution in [0.5, 0.6) is 5.75 Å². The topological polar surface area (TPSA) is 55.8 Å². The van der Waals surface area contributed by atoms with Crippen LogP contribution in [0.25, 0.3) is 0 Å². The van der Waals surface area contributed by atoms with Crippen LogP contribution < -0.4 is 4.74 Å². The lowest BCUT2D eigenvalue weighted by Gasteiger charge is -2.28. The van der Waals surface area contributed by atoms with Crippen molar-refractivity contribution in [2.45, 2.75) is 37.8 Å². The number of aliphatic carboxylic acids is 1. The van der Waals surface area contributed by atoms with Gasteiger partial charge in [-0.05, 0) is 55.4 Å². The maximum Gasteiger partial charge on any atom is 0.416 e. The van der Waals surface area contributed by atoms with Crippen molar-refractivity contribution in [3.05, 3.63) is 29.3 Å². The highest BCUT2D eigenvalue weighted by atomic mass is 19.4. The molecule has 0 spiro atoms. The van der Waals surface area contributed by atoms with Gasteiger partial charge in [0, 0.05) is 7.11 Å². The first-order chi connectivity index (χ1) is 11.3. The first kappa shape index (κ1) is 18.6. The maximum absolute atomic E-state index is 13.0. The Morgan fingerprint density at radius 1 is 1.21 bits per heavy atom. The second-order valence-electron chi connectivity index (χ2n) is 5.98. The summed E-state index contributed by atoms with van der Waals surface area (Å²) in [6.45, 7) is 0.589. The van der Waals surface area contributed by atoms with Crippen molar-refractivity contribution in [3.63, 3.8) is 0 Å². The van der Waals surface area contributed by atoms with Gasteiger partial charge in [0.1, 0.15) is 12.4 Å². The van der Waals surface area contributed by atoms with Gasteiger partial charge in [0.15, 0.2) is 0 Å². The molecule has 24 heavy (non-hydrogen) atoms. The van der Waals surface area contributed by atoms with E-state index in [1.165, 1.54) is 13.2 Å². The fourth-order valence-corrected chi connectivity index (χ4v) is 3.06. The number of ether oxygens (including phenoxy) is 2. The monoisotopic (exact) mass is 346 g/mol. The van der Waals surface area contributed by atoms with Crippen LogP contribution in [-0.2, 0) is 15.7 Å². The summed E-state index contributed by atoms with van der Waals surface area (Å²) in [5, 5.41) is 9.06. The molecule has 0 heterocycles. The van der Waals surface area contributed by atoms with Crippen molar-refractivity contribution in [1.82, 2.24) is 0 Å². The molecule has 134 valence electrons. The summed E-state index contributed by atoms with van der Waals surface area (Å²) in [5.41, 5.74) is -0.207. The Labute approximate surface area is 138 Å². The molecule has 0 radical (unpaired) electrons. The van der Waals surface area contributed by atoms with E-state index in [4.69, 9.17) is 14.6 Å². The smallest absolute Gasteiger partial charge is 0.416 e. The SMILES string of the molecule is COCCOc1ccc(C(F)(F)F)cc1C1CCC(C(=O)O)CC1. The van der Waals surface area contributed by atoms with Crippen LogP contribution >= 0.6 is 0 Å². The fourth-order valence-electron chi connectivity index (χ4n) is 3.06. The largest absolute Gasteiger partial charge is 0.491 e.